The van der Waals surface area contributed by atoms with E-state index in [9.17, 15) is 28.9 Å². The largest absolute Gasteiger partial charge is 0.472 e. The number of carbonyl (C=O) groups excluding carboxylic acids is 3. The van der Waals surface area contributed by atoms with Crippen molar-refractivity contribution in [3.05, 3.63) is 72.9 Å². The third-order valence-corrected chi connectivity index (χ3v) is 12.0. The molecular formula is C56H97O11P. The van der Waals surface area contributed by atoms with Gasteiger partial charge < -0.3 is 24.2 Å². The molecule has 0 spiro atoms. The lowest BCUT2D eigenvalue weighted by Gasteiger charge is -2.21. The van der Waals surface area contributed by atoms with Gasteiger partial charge in [0.1, 0.15) is 12.7 Å². The second-order valence-electron chi connectivity index (χ2n) is 17.7. The van der Waals surface area contributed by atoms with E-state index in [1.807, 2.05) is 0 Å². The van der Waals surface area contributed by atoms with Crippen LogP contribution >= 0.6 is 7.82 Å². The highest BCUT2D eigenvalue weighted by Gasteiger charge is 2.28. The van der Waals surface area contributed by atoms with Gasteiger partial charge in [-0.2, -0.15) is 0 Å². The fourth-order valence-electron chi connectivity index (χ4n) is 6.98. The number of unbranched alkanes of at least 4 members (excludes halogenated alkanes) is 20. The van der Waals surface area contributed by atoms with Gasteiger partial charge in [0, 0.05) is 19.3 Å². The van der Waals surface area contributed by atoms with E-state index in [0.29, 0.717) is 19.3 Å². The van der Waals surface area contributed by atoms with Crippen molar-refractivity contribution in [2.45, 2.75) is 238 Å². The van der Waals surface area contributed by atoms with Gasteiger partial charge in [-0.1, -0.05) is 184 Å². The van der Waals surface area contributed by atoms with E-state index in [4.69, 9.17) is 23.3 Å². The molecule has 0 radical (unpaired) electrons. The monoisotopic (exact) mass is 977 g/mol. The molecular weight excluding hydrogens is 880 g/mol. The molecule has 2 N–H and O–H groups in total. The van der Waals surface area contributed by atoms with Crippen LogP contribution in [0.2, 0.25) is 0 Å². The molecule has 68 heavy (non-hydrogen) atoms. The van der Waals surface area contributed by atoms with E-state index in [-0.39, 0.29) is 25.9 Å². The molecule has 12 heteroatoms. The van der Waals surface area contributed by atoms with Gasteiger partial charge in [-0.15, -0.1) is 0 Å². The van der Waals surface area contributed by atoms with Crippen LogP contribution in [0.15, 0.2) is 72.9 Å². The number of allylic oxidation sites excluding steroid dienone is 12. The average molecular weight is 977 g/mol. The van der Waals surface area contributed by atoms with Crippen molar-refractivity contribution < 1.29 is 52.2 Å². The van der Waals surface area contributed by atoms with Crippen molar-refractivity contribution in [1.82, 2.24) is 0 Å². The zero-order valence-corrected chi connectivity index (χ0v) is 43.9. The van der Waals surface area contributed by atoms with E-state index in [1.165, 1.54) is 25.7 Å². The summed E-state index contributed by atoms with van der Waals surface area (Å²) in [6, 6.07) is 0. The molecule has 0 saturated heterocycles. The Morgan fingerprint density at radius 1 is 0.426 bits per heavy atom. The van der Waals surface area contributed by atoms with Gasteiger partial charge in [0.15, 0.2) is 6.10 Å². The minimum Gasteiger partial charge on any atom is -0.462 e. The SMILES string of the molecule is CC/C=C\C/C=C\C/C=C\CCCCCCCCCC(=O)OCC(COP(=O)(O)OCC(CO)OC(=O)CCCCCCC/C=C\CCCC)OC(=O)CCCCCCC/C=C\C/C=C\CCC. The van der Waals surface area contributed by atoms with E-state index >= 15 is 0 Å². The van der Waals surface area contributed by atoms with Gasteiger partial charge in [-0.25, -0.2) is 4.57 Å². The molecule has 0 aromatic heterocycles. The summed E-state index contributed by atoms with van der Waals surface area (Å²) < 4.78 is 39.4. The lowest BCUT2D eigenvalue weighted by atomic mass is 10.1. The second kappa shape index (κ2) is 50.3. The molecule has 0 rings (SSSR count). The molecule has 0 heterocycles. The summed E-state index contributed by atoms with van der Waals surface area (Å²) in [5, 5.41) is 9.77. The van der Waals surface area contributed by atoms with Crippen LogP contribution in [-0.2, 0) is 42.2 Å². The Labute approximate surface area is 414 Å². The van der Waals surface area contributed by atoms with Gasteiger partial charge in [-0.05, 0) is 96.3 Å². The van der Waals surface area contributed by atoms with Crippen molar-refractivity contribution >= 4 is 25.7 Å². The van der Waals surface area contributed by atoms with Crippen LogP contribution in [0.3, 0.4) is 0 Å². The number of aliphatic hydroxyl groups excluding tert-OH is 1. The zero-order chi connectivity index (χ0) is 49.9. The maximum Gasteiger partial charge on any atom is 0.472 e. The van der Waals surface area contributed by atoms with Crippen LogP contribution in [0.1, 0.15) is 226 Å². The highest BCUT2D eigenvalue weighted by atomic mass is 31.2. The number of hydrogen-bond acceptors (Lipinski definition) is 10. The lowest BCUT2D eigenvalue weighted by molar-refractivity contribution is -0.161. The Morgan fingerprint density at radius 3 is 1.25 bits per heavy atom. The van der Waals surface area contributed by atoms with Crippen LogP contribution in [0.5, 0.6) is 0 Å². The molecule has 0 aliphatic heterocycles. The highest BCUT2D eigenvalue weighted by molar-refractivity contribution is 7.47. The van der Waals surface area contributed by atoms with Gasteiger partial charge in [0.05, 0.1) is 19.8 Å². The lowest BCUT2D eigenvalue weighted by Crippen LogP contribution is -2.30. The number of aliphatic hydroxyl groups is 1. The Morgan fingerprint density at radius 2 is 0.794 bits per heavy atom. The van der Waals surface area contributed by atoms with Crippen LogP contribution in [0.4, 0.5) is 0 Å². The number of esters is 3. The fourth-order valence-corrected chi connectivity index (χ4v) is 7.76. The Hall–Kier alpha value is -3.08. The first kappa shape index (κ1) is 64.9. The molecule has 0 aliphatic carbocycles. The van der Waals surface area contributed by atoms with Crippen molar-refractivity contribution in [2.24, 2.45) is 0 Å². The summed E-state index contributed by atoms with van der Waals surface area (Å²) in [4.78, 5) is 48.3. The number of ether oxygens (including phenoxy) is 3. The number of phosphoric ester groups is 1. The maximum atomic E-state index is 12.8. The summed E-state index contributed by atoms with van der Waals surface area (Å²) >= 11 is 0. The standard InChI is InChI=1S/C56H97O11P/c1-4-7-10-13-16-19-22-24-25-26-27-29-31-33-36-39-42-45-54(58)63-49-53(67-56(60)47-44-41-38-35-32-28-23-20-17-14-11-8-5-2)51-65-68(61,62)64-50-52(48-57)66-55(59)46-43-40-37-34-30-21-18-15-12-9-6-3/h7,10-11,14-16,18-20,23-25,52-53,57H,4-6,8-9,12-13,17,21-22,26-51H2,1-3H3,(H,61,62)/b10-7-,14-11-,18-15-,19-16-,23-20-,25-24-. The first-order valence-electron chi connectivity index (χ1n) is 26.8. The van der Waals surface area contributed by atoms with E-state index in [0.717, 1.165) is 141 Å². The predicted octanol–water partition coefficient (Wildman–Crippen LogP) is 15.4. The molecule has 0 bridgehead atoms. The Kier molecular flexibility index (Phi) is 48.0. The van der Waals surface area contributed by atoms with Crippen molar-refractivity contribution in [1.29, 1.82) is 0 Å². The van der Waals surface area contributed by atoms with Crippen LogP contribution in [0, 0.1) is 0 Å². The van der Waals surface area contributed by atoms with Gasteiger partial charge in [-0.3, -0.25) is 23.4 Å². The molecule has 0 aliphatic rings. The molecule has 392 valence electrons. The average Bonchev–Trinajstić information content (AvgIpc) is 3.32. The smallest absolute Gasteiger partial charge is 0.462 e. The third-order valence-electron chi connectivity index (χ3n) is 11.1. The number of carbonyl (C=O) groups is 3. The summed E-state index contributed by atoms with van der Waals surface area (Å²) in [6.07, 6.45) is 54.4. The molecule has 0 aromatic carbocycles. The number of rotatable bonds is 49. The van der Waals surface area contributed by atoms with E-state index in [2.05, 4.69) is 93.7 Å². The third kappa shape index (κ3) is 48.0. The van der Waals surface area contributed by atoms with Gasteiger partial charge in [0.25, 0.3) is 0 Å². The fraction of sp³-hybridized carbons (Fsp3) is 0.732. The molecule has 0 amide bonds. The zero-order valence-electron chi connectivity index (χ0n) is 43.1. The molecule has 0 saturated carbocycles. The number of phosphoric acid groups is 1. The van der Waals surface area contributed by atoms with Crippen LogP contribution < -0.4 is 0 Å². The normalized spacial score (nSPS) is 14.0. The van der Waals surface area contributed by atoms with Crippen molar-refractivity contribution in [2.75, 3.05) is 26.4 Å². The van der Waals surface area contributed by atoms with Gasteiger partial charge in [0.2, 0.25) is 0 Å². The topological polar surface area (TPSA) is 155 Å². The summed E-state index contributed by atoms with van der Waals surface area (Å²) in [5.41, 5.74) is 0. The van der Waals surface area contributed by atoms with Crippen molar-refractivity contribution in [3.63, 3.8) is 0 Å². The summed E-state index contributed by atoms with van der Waals surface area (Å²) in [6.45, 7) is 4.38. The quantitative estimate of drug-likeness (QED) is 0.0197. The maximum absolute atomic E-state index is 12.8. The first-order chi connectivity index (χ1) is 33.2. The van der Waals surface area contributed by atoms with E-state index in [1.54, 1.807) is 0 Å². The molecule has 3 unspecified atom stereocenters. The van der Waals surface area contributed by atoms with E-state index < -0.39 is 57.8 Å². The molecule has 0 aromatic rings. The van der Waals surface area contributed by atoms with Crippen molar-refractivity contribution in [3.8, 4) is 0 Å². The Bertz CT molecular complexity index is 1420. The first-order valence-corrected chi connectivity index (χ1v) is 28.3. The highest BCUT2D eigenvalue weighted by Crippen LogP contribution is 2.43. The molecule has 0 fully saturated rings. The second-order valence-corrected chi connectivity index (χ2v) is 19.1. The van der Waals surface area contributed by atoms with Gasteiger partial charge >= 0.3 is 25.7 Å². The summed E-state index contributed by atoms with van der Waals surface area (Å²) in [7, 11) is -4.75. The minimum atomic E-state index is -4.75. The van der Waals surface area contributed by atoms with Crippen LogP contribution in [-0.4, -0.2) is 66.5 Å². The molecule has 11 nitrogen and oxygen atoms in total. The Balaban J connectivity index is 4.76. The predicted molar refractivity (Wildman–Crippen MR) is 279 cm³/mol. The summed E-state index contributed by atoms with van der Waals surface area (Å²) in [5.74, 6) is -1.50. The number of hydrogen-bond donors (Lipinski definition) is 2. The minimum absolute atomic E-state index is 0.147. The molecule has 3 atom stereocenters. The van der Waals surface area contributed by atoms with Crippen LogP contribution in [0.25, 0.3) is 0 Å².